The molecular formula is C12H22N6O. The molecule has 7 nitrogen and oxygen atoms in total. The van der Waals surface area contributed by atoms with Gasteiger partial charge in [-0.25, -0.2) is 15.8 Å². The van der Waals surface area contributed by atoms with E-state index < -0.39 is 0 Å². The predicted molar refractivity (Wildman–Crippen MR) is 75.3 cm³/mol. The van der Waals surface area contributed by atoms with E-state index in [2.05, 4.69) is 46.1 Å². The highest BCUT2D eigenvalue weighted by Gasteiger charge is 2.33. The number of ether oxygens (including phenoxy) is 1. The van der Waals surface area contributed by atoms with E-state index >= 15 is 0 Å². The molecule has 1 saturated heterocycles. The molecule has 0 atom stereocenters. The van der Waals surface area contributed by atoms with E-state index in [4.69, 9.17) is 10.6 Å². The van der Waals surface area contributed by atoms with Crippen LogP contribution >= 0.6 is 0 Å². The summed E-state index contributed by atoms with van der Waals surface area (Å²) in [6, 6.07) is 0. The molecule has 0 bridgehead atoms. The van der Waals surface area contributed by atoms with Crippen LogP contribution in [-0.4, -0.2) is 54.2 Å². The lowest BCUT2D eigenvalue weighted by Crippen LogP contribution is -2.58. The monoisotopic (exact) mass is 266 g/mol. The summed E-state index contributed by atoms with van der Waals surface area (Å²) >= 11 is 0. The summed E-state index contributed by atoms with van der Waals surface area (Å²) in [6.45, 7) is 7.19. The normalized spacial score (nSPS) is 19.3. The minimum Gasteiger partial charge on any atom is -0.490 e. The Hall–Kier alpha value is -1.60. The van der Waals surface area contributed by atoms with Crippen molar-refractivity contribution in [3.63, 3.8) is 0 Å². The van der Waals surface area contributed by atoms with Crippen LogP contribution in [0, 0.1) is 0 Å². The molecule has 0 amide bonds. The number of anilines is 2. The Kier molecular flexibility index (Phi) is 3.77. The van der Waals surface area contributed by atoms with Gasteiger partial charge in [-0.2, -0.15) is 0 Å². The molecule has 0 aromatic carbocycles. The maximum absolute atomic E-state index is 5.45. The van der Waals surface area contributed by atoms with Gasteiger partial charge < -0.3 is 15.1 Å². The van der Waals surface area contributed by atoms with Gasteiger partial charge in [0.1, 0.15) is 6.33 Å². The van der Waals surface area contributed by atoms with Gasteiger partial charge in [0.15, 0.2) is 11.6 Å². The van der Waals surface area contributed by atoms with E-state index in [0.29, 0.717) is 11.6 Å². The van der Waals surface area contributed by atoms with Crippen molar-refractivity contribution in [1.29, 1.82) is 0 Å². The molecule has 1 fully saturated rings. The van der Waals surface area contributed by atoms with Gasteiger partial charge >= 0.3 is 0 Å². The van der Waals surface area contributed by atoms with Crippen LogP contribution in [0.1, 0.15) is 13.8 Å². The molecular weight excluding hydrogens is 244 g/mol. The van der Waals surface area contributed by atoms with Gasteiger partial charge in [0.25, 0.3) is 0 Å². The molecule has 0 saturated carbocycles. The fourth-order valence-corrected chi connectivity index (χ4v) is 2.30. The number of nitrogen functional groups attached to an aromatic ring is 1. The number of hydrogen-bond acceptors (Lipinski definition) is 7. The van der Waals surface area contributed by atoms with Gasteiger partial charge in [-0.1, -0.05) is 0 Å². The van der Waals surface area contributed by atoms with E-state index in [1.165, 1.54) is 6.33 Å². The average molecular weight is 266 g/mol. The standard InChI is InChI=1S/C12H22N6O/c1-12(2)7-18(6-5-17(12)3)11-9(19-4)10(16-13)14-8-15-11/h8H,5-7,13H2,1-4H3,(H,14,15,16). The highest BCUT2D eigenvalue weighted by atomic mass is 16.5. The van der Waals surface area contributed by atoms with Gasteiger partial charge in [0, 0.05) is 25.2 Å². The van der Waals surface area contributed by atoms with Crippen molar-refractivity contribution in [1.82, 2.24) is 14.9 Å². The molecule has 0 aliphatic carbocycles. The van der Waals surface area contributed by atoms with Crippen molar-refractivity contribution >= 4 is 11.6 Å². The first-order valence-corrected chi connectivity index (χ1v) is 6.31. The molecule has 1 aromatic rings. The number of aromatic nitrogens is 2. The van der Waals surface area contributed by atoms with Crippen LogP contribution in [0.4, 0.5) is 11.6 Å². The number of hydrazine groups is 1. The largest absolute Gasteiger partial charge is 0.490 e. The number of methoxy groups -OCH3 is 1. The number of nitrogens with zero attached hydrogens (tertiary/aromatic N) is 4. The summed E-state index contributed by atoms with van der Waals surface area (Å²) in [4.78, 5) is 13.0. The third-order valence-corrected chi connectivity index (χ3v) is 3.74. The maximum atomic E-state index is 5.45. The first-order chi connectivity index (χ1) is 8.99. The molecule has 106 valence electrons. The Balaban J connectivity index is 2.32. The van der Waals surface area contributed by atoms with Crippen LogP contribution in [0.3, 0.4) is 0 Å². The molecule has 3 N–H and O–H groups in total. The number of nitrogens with one attached hydrogen (secondary N) is 1. The third kappa shape index (κ3) is 2.57. The van der Waals surface area contributed by atoms with Crippen LogP contribution in [0.15, 0.2) is 6.33 Å². The Morgan fingerprint density at radius 3 is 2.68 bits per heavy atom. The van der Waals surface area contributed by atoms with E-state index in [9.17, 15) is 0 Å². The molecule has 1 aliphatic heterocycles. The summed E-state index contributed by atoms with van der Waals surface area (Å²) in [5.41, 5.74) is 2.63. The molecule has 0 spiro atoms. The van der Waals surface area contributed by atoms with Crippen molar-refractivity contribution in [2.24, 2.45) is 5.84 Å². The number of rotatable bonds is 3. The fourth-order valence-electron chi connectivity index (χ4n) is 2.30. The van der Waals surface area contributed by atoms with Crippen LogP contribution < -0.4 is 20.9 Å². The molecule has 19 heavy (non-hydrogen) atoms. The number of nitrogens with two attached hydrogens (primary N) is 1. The van der Waals surface area contributed by atoms with Crippen molar-refractivity contribution in [3.05, 3.63) is 6.33 Å². The lowest BCUT2D eigenvalue weighted by Gasteiger charge is -2.45. The zero-order chi connectivity index (χ0) is 14.0. The van der Waals surface area contributed by atoms with Crippen molar-refractivity contribution in [3.8, 4) is 5.75 Å². The minimum absolute atomic E-state index is 0.0878. The maximum Gasteiger partial charge on any atom is 0.205 e. The second kappa shape index (κ2) is 5.18. The second-order valence-corrected chi connectivity index (χ2v) is 5.38. The molecule has 1 aromatic heterocycles. The van der Waals surface area contributed by atoms with E-state index in [-0.39, 0.29) is 5.54 Å². The summed E-state index contributed by atoms with van der Waals surface area (Å²) in [5.74, 6) is 7.33. The van der Waals surface area contributed by atoms with Gasteiger partial charge in [0.2, 0.25) is 5.75 Å². The summed E-state index contributed by atoms with van der Waals surface area (Å²) < 4.78 is 5.39. The van der Waals surface area contributed by atoms with Crippen molar-refractivity contribution < 1.29 is 4.74 Å². The van der Waals surface area contributed by atoms with Crippen LogP contribution in [-0.2, 0) is 0 Å². The van der Waals surface area contributed by atoms with E-state index in [0.717, 1.165) is 25.5 Å². The Morgan fingerprint density at radius 1 is 1.37 bits per heavy atom. The molecule has 1 aliphatic rings. The highest BCUT2D eigenvalue weighted by molar-refractivity contribution is 5.64. The lowest BCUT2D eigenvalue weighted by atomic mass is 10.00. The van der Waals surface area contributed by atoms with Crippen LogP contribution in [0.5, 0.6) is 5.75 Å². The van der Waals surface area contributed by atoms with Crippen LogP contribution in [0.25, 0.3) is 0 Å². The van der Waals surface area contributed by atoms with E-state index in [1.54, 1.807) is 7.11 Å². The molecule has 0 unspecified atom stereocenters. The van der Waals surface area contributed by atoms with Crippen LogP contribution in [0.2, 0.25) is 0 Å². The average Bonchev–Trinajstić information content (AvgIpc) is 2.40. The van der Waals surface area contributed by atoms with E-state index in [1.807, 2.05) is 0 Å². The zero-order valence-corrected chi connectivity index (χ0v) is 12.0. The van der Waals surface area contributed by atoms with Crippen molar-refractivity contribution in [2.45, 2.75) is 19.4 Å². The molecule has 7 heteroatoms. The van der Waals surface area contributed by atoms with Gasteiger partial charge in [-0.3, -0.25) is 4.90 Å². The summed E-state index contributed by atoms with van der Waals surface area (Å²) in [7, 11) is 3.74. The highest BCUT2D eigenvalue weighted by Crippen LogP contribution is 2.33. The second-order valence-electron chi connectivity index (χ2n) is 5.38. The fraction of sp³-hybridized carbons (Fsp3) is 0.667. The topological polar surface area (TPSA) is 79.5 Å². The lowest BCUT2D eigenvalue weighted by molar-refractivity contribution is 0.138. The van der Waals surface area contributed by atoms with Gasteiger partial charge in [-0.15, -0.1) is 0 Å². The van der Waals surface area contributed by atoms with Gasteiger partial charge in [-0.05, 0) is 20.9 Å². The SMILES string of the molecule is COc1c(NN)ncnc1N1CCN(C)C(C)(C)C1. The molecule has 2 heterocycles. The Labute approximate surface area is 113 Å². The first-order valence-electron chi connectivity index (χ1n) is 6.31. The number of hydrogen-bond donors (Lipinski definition) is 2. The van der Waals surface area contributed by atoms with Gasteiger partial charge in [0.05, 0.1) is 7.11 Å². The third-order valence-electron chi connectivity index (χ3n) is 3.74. The Morgan fingerprint density at radius 2 is 2.11 bits per heavy atom. The molecule has 0 radical (unpaired) electrons. The first kappa shape index (κ1) is 13.8. The summed E-state index contributed by atoms with van der Waals surface area (Å²) in [5, 5.41) is 0. The smallest absolute Gasteiger partial charge is 0.205 e. The Bertz CT molecular complexity index is 450. The number of likely N-dealkylation sites (N-methyl/N-ethyl adjacent to an activating group) is 1. The quantitative estimate of drug-likeness (QED) is 0.601. The predicted octanol–water partition coefficient (Wildman–Crippen LogP) is 0.301. The number of piperazine rings is 1. The van der Waals surface area contributed by atoms with Crippen molar-refractivity contribution in [2.75, 3.05) is 44.1 Å². The molecule has 2 rings (SSSR count). The minimum atomic E-state index is 0.0878. The zero-order valence-electron chi connectivity index (χ0n) is 12.0. The summed E-state index contributed by atoms with van der Waals surface area (Å²) in [6.07, 6.45) is 1.50.